The molecule has 2 heterocycles. The van der Waals surface area contributed by atoms with Gasteiger partial charge in [-0.3, -0.25) is 14.8 Å². The van der Waals surface area contributed by atoms with Gasteiger partial charge in [-0.15, -0.1) is 0 Å². The van der Waals surface area contributed by atoms with E-state index in [9.17, 15) is 4.79 Å². The van der Waals surface area contributed by atoms with E-state index < -0.39 is 0 Å². The third-order valence-electron chi connectivity index (χ3n) is 3.23. The first-order valence-electron chi connectivity index (χ1n) is 6.50. The first-order valence-corrected chi connectivity index (χ1v) is 6.50. The molecule has 2 aromatic heterocycles. The minimum Gasteiger partial charge on any atom is -0.339 e. The molecule has 6 heteroatoms. The first kappa shape index (κ1) is 14.6. The van der Waals surface area contributed by atoms with E-state index in [0.29, 0.717) is 17.7 Å². The quantitative estimate of drug-likeness (QED) is 0.847. The Morgan fingerprint density at radius 2 is 2.14 bits per heavy atom. The van der Waals surface area contributed by atoms with E-state index in [1.54, 1.807) is 36.6 Å². The van der Waals surface area contributed by atoms with Crippen LogP contribution in [0, 0.1) is 11.3 Å². The number of likely N-dealkylation sites (N-methyl/N-ethyl adjacent to an activating group) is 1. The normalized spacial score (nSPS) is 11.5. The predicted molar refractivity (Wildman–Crippen MR) is 76.2 cm³/mol. The molecule has 1 amide bonds. The van der Waals surface area contributed by atoms with Crippen LogP contribution in [0.2, 0.25) is 0 Å². The summed E-state index contributed by atoms with van der Waals surface area (Å²) in [6.07, 6.45) is 6.99. The van der Waals surface area contributed by atoms with Gasteiger partial charge in [0.1, 0.15) is 11.8 Å². The molecule has 0 aliphatic rings. The summed E-state index contributed by atoms with van der Waals surface area (Å²) in [4.78, 5) is 26.1. The van der Waals surface area contributed by atoms with E-state index in [1.807, 2.05) is 13.0 Å². The molecule has 0 saturated carbocycles. The van der Waals surface area contributed by atoms with Crippen molar-refractivity contribution in [2.75, 3.05) is 7.05 Å². The number of hydrogen-bond donors (Lipinski definition) is 0. The number of aromatic nitrogens is 3. The van der Waals surface area contributed by atoms with Gasteiger partial charge in [0.15, 0.2) is 0 Å². The minimum absolute atomic E-state index is 0.0233. The van der Waals surface area contributed by atoms with Crippen LogP contribution in [0.15, 0.2) is 36.9 Å². The van der Waals surface area contributed by atoms with Crippen LogP contribution in [0.3, 0.4) is 0 Å². The highest BCUT2D eigenvalue weighted by Gasteiger charge is 2.18. The van der Waals surface area contributed by atoms with Crippen molar-refractivity contribution in [1.82, 2.24) is 19.9 Å². The molecule has 0 aliphatic carbocycles. The lowest BCUT2D eigenvalue weighted by Crippen LogP contribution is -2.36. The van der Waals surface area contributed by atoms with Crippen molar-refractivity contribution < 1.29 is 4.79 Å². The number of hydrogen-bond acceptors (Lipinski definition) is 5. The predicted octanol–water partition coefficient (Wildman–Crippen LogP) is 1.45. The summed E-state index contributed by atoms with van der Waals surface area (Å²) in [6.45, 7) is 1.95. The maximum atomic E-state index is 12.3. The number of carbonyl (C=O) groups is 1. The van der Waals surface area contributed by atoms with Crippen molar-refractivity contribution >= 4 is 5.91 Å². The third-order valence-corrected chi connectivity index (χ3v) is 3.23. The number of nitriles is 1. The van der Waals surface area contributed by atoms with Gasteiger partial charge in [-0.25, -0.2) is 4.98 Å². The lowest BCUT2D eigenvalue weighted by Gasteiger charge is -2.24. The van der Waals surface area contributed by atoms with Gasteiger partial charge in [-0.2, -0.15) is 5.26 Å². The zero-order valence-corrected chi connectivity index (χ0v) is 11.9. The standard InChI is InChI=1S/C15H15N5O/c1-11(7-14-10-17-5-6-18-14)20(2)15(21)12-3-4-13(8-16)19-9-12/h3-6,9-11H,7H2,1-2H3. The molecule has 0 N–H and O–H groups in total. The Morgan fingerprint density at radius 3 is 2.71 bits per heavy atom. The Bertz CT molecular complexity index is 648. The van der Waals surface area contributed by atoms with E-state index >= 15 is 0 Å². The topological polar surface area (TPSA) is 82.8 Å². The summed E-state index contributed by atoms with van der Waals surface area (Å²) in [6, 6.07) is 5.05. The van der Waals surface area contributed by atoms with Crippen LogP contribution in [0.4, 0.5) is 0 Å². The summed E-state index contributed by atoms with van der Waals surface area (Å²) in [5.74, 6) is -0.136. The van der Waals surface area contributed by atoms with Crippen LogP contribution >= 0.6 is 0 Å². The highest BCUT2D eigenvalue weighted by molar-refractivity contribution is 5.94. The number of rotatable bonds is 4. The molecular formula is C15H15N5O. The fraction of sp³-hybridized carbons (Fsp3) is 0.267. The van der Waals surface area contributed by atoms with Gasteiger partial charge in [-0.05, 0) is 19.1 Å². The average molecular weight is 281 g/mol. The molecule has 2 rings (SSSR count). The van der Waals surface area contributed by atoms with Crippen LogP contribution in [-0.2, 0) is 6.42 Å². The fourth-order valence-electron chi connectivity index (χ4n) is 1.87. The molecular weight excluding hydrogens is 266 g/mol. The van der Waals surface area contributed by atoms with Gasteiger partial charge >= 0.3 is 0 Å². The highest BCUT2D eigenvalue weighted by atomic mass is 16.2. The molecule has 21 heavy (non-hydrogen) atoms. The zero-order chi connectivity index (χ0) is 15.2. The maximum absolute atomic E-state index is 12.3. The van der Waals surface area contributed by atoms with Crippen molar-refractivity contribution in [3.8, 4) is 6.07 Å². The Hall–Kier alpha value is -2.81. The number of carbonyl (C=O) groups excluding carboxylic acids is 1. The SMILES string of the molecule is CC(Cc1cnccn1)N(C)C(=O)c1ccc(C#N)nc1. The highest BCUT2D eigenvalue weighted by Crippen LogP contribution is 2.09. The van der Waals surface area contributed by atoms with Crippen molar-refractivity contribution in [2.24, 2.45) is 0 Å². The van der Waals surface area contributed by atoms with E-state index in [-0.39, 0.29) is 11.9 Å². The van der Waals surface area contributed by atoms with E-state index in [0.717, 1.165) is 5.69 Å². The molecule has 2 aromatic rings. The van der Waals surface area contributed by atoms with Crippen molar-refractivity contribution in [3.05, 3.63) is 53.9 Å². The van der Waals surface area contributed by atoms with E-state index in [4.69, 9.17) is 5.26 Å². The van der Waals surface area contributed by atoms with Gasteiger partial charge in [0.25, 0.3) is 5.91 Å². The summed E-state index contributed by atoms with van der Waals surface area (Å²) in [5.41, 5.74) is 1.59. The number of amides is 1. The second-order valence-electron chi connectivity index (χ2n) is 4.71. The number of pyridine rings is 1. The third kappa shape index (κ3) is 3.60. The molecule has 0 spiro atoms. The van der Waals surface area contributed by atoms with Crippen molar-refractivity contribution in [2.45, 2.75) is 19.4 Å². The lowest BCUT2D eigenvalue weighted by atomic mass is 10.1. The van der Waals surface area contributed by atoms with Gasteiger partial charge in [0.2, 0.25) is 0 Å². The molecule has 106 valence electrons. The smallest absolute Gasteiger partial charge is 0.255 e. The molecule has 0 saturated heterocycles. The summed E-state index contributed by atoms with van der Waals surface area (Å²) >= 11 is 0. The number of nitrogens with zero attached hydrogens (tertiary/aromatic N) is 5. The molecule has 0 radical (unpaired) electrons. The maximum Gasteiger partial charge on any atom is 0.255 e. The molecule has 6 nitrogen and oxygen atoms in total. The van der Waals surface area contributed by atoms with Crippen LogP contribution < -0.4 is 0 Å². The monoisotopic (exact) mass is 281 g/mol. The van der Waals surface area contributed by atoms with Gasteiger partial charge in [-0.1, -0.05) is 0 Å². The molecule has 0 aromatic carbocycles. The fourth-order valence-corrected chi connectivity index (χ4v) is 1.87. The average Bonchev–Trinajstić information content (AvgIpc) is 2.54. The largest absolute Gasteiger partial charge is 0.339 e. The van der Waals surface area contributed by atoms with Crippen molar-refractivity contribution in [1.29, 1.82) is 5.26 Å². The summed E-state index contributed by atoms with van der Waals surface area (Å²) < 4.78 is 0. The minimum atomic E-state index is -0.136. The van der Waals surface area contributed by atoms with E-state index in [2.05, 4.69) is 15.0 Å². The Balaban J connectivity index is 2.05. The molecule has 0 fully saturated rings. The Labute approximate surface area is 123 Å². The lowest BCUT2D eigenvalue weighted by molar-refractivity contribution is 0.0742. The molecule has 0 bridgehead atoms. The van der Waals surface area contributed by atoms with Gasteiger partial charge in [0.05, 0.1) is 11.3 Å². The van der Waals surface area contributed by atoms with Gasteiger partial charge < -0.3 is 4.90 Å². The summed E-state index contributed by atoms with van der Waals surface area (Å²) in [7, 11) is 1.74. The van der Waals surface area contributed by atoms with Crippen LogP contribution in [0.25, 0.3) is 0 Å². The van der Waals surface area contributed by atoms with Crippen LogP contribution in [-0.4, -0.2) is 38.8 Å². The Kier molecular flexibility index (Phi) is 4.57. The van der Waals surface area contributed by atoms with Crippen molar-refractivity contribution in [3.63, 3.8) is 0 Å². The zero-order valence-electron chi connectivity index (χ0n) is 11.9. The summed E-state index contributed by atoms with van der Waals surface area (Å²) in [5, 5.41) is 8.71. The van der Waals surface area contributed by atoms with E-state index in [1.165, 1.54) is 12.3 Å². The molecule has 0 aliphatic heterocycles. The first-order chi connectivity index (χ1) is 10.1. The van der Waals surface area contributed by atoms with Gasteiger partial charge in [0, 0.05) is 44.3 Å². The second-order valence-corrected chi connectivity index (χ2v) is 4.71. The van der Waals surface area contributed by atoms with Crippen LogP contribution in [0.1, 0.15) is 28.7 Å². The molecule has 1 atom stereocenters. The Morgan fingerprint density at radius 1 is 1.33 bits per heavy atom. The van der Waals surface area contributed by atoms with Crippen LogP contribution in [0.5, 0.6) is 0 Å². The second kappa shape index (κ2) is 6.57. The molecule has 1 unspecified atom stereocenters.